The quantitative estimate of drug-likeness (QED) is 0.827. The maximum Gasteiger partial charge on any atom is 0.0754 e. The van der Waals surface area contributed by atoms with Crippen LogP contribution in [0.15, 0.2) is 18.3 Å². The van der Waals surface area contributed by atoms with Crippen molar-refractivity contribution in [3.8, 4) is 0 Å². The van der Waals surface area contributed by atoms with E-state index in [1.165, 1.54) is 18.5 Å². The minimum absolute atomic E-state index is 0.417. The summed E-state index contributed by atoms with van der Waals surface area (Å²) in [6, 6.07) is 4.74. The average Bonchev–Trinajstić information content (AvgIpc) is 2.90. The van der Waals surface area contributed by atoms with Crippen LogP contribution in [0.25, 0.3) is 0 Å². The minimum Gasteiger partial charge on any atom is -0.376 e. The van der Waals surface area contributed by atoms with Crippen molar-refractivity contribution in [1.29, 1.82) is 0 Å². The standard InChI is InChI=1S/C13H22N2O/c1-3-14-11(2)13-7-4-8-15(13)10-12-6-5-9-16-12/h4,7-8,11-12,14H,3,5-6,9-10H2,1-2H3. The summed E-state index contributed by atoms with van der Waals surface area (Å²) in [7, 11) is 0. The Morgan fingerprint density at radius 1 is 1.62 bits per heavy atom. The predicted molar refractivity (Wildman–Crippen MR) is 65.5 cm³/mol. The molecule has 90 valence electrons. The average molecular weight is 222 g/mol. The van der Waals surface area contributed by atoms with Crippen molar-refractivity contribution >= 4 is 0 Å². The molecule has 3 heteroatoms. The molecule has 1 aliphatic heterocycles. The number of nitrogens with one attached hydrogen (secondary N) is 1. The highest BCUT2D eigenvalue weighted by molar-refractivity contribution is 5.11. The first kappa shape index (κ1) is 11.7. The van der Waals surface area contributed by atoms with Crippen molar-refractivity contribution in [2.75, 3.05) is 13.2 Å². The summed E-state index contributed by atoms with van der Waals surface area (Å²) in [6.07, 6.45) is 4.99. The highest BCUT2D eigenvalue weighted by Crippen LogP contribution is 2.18. The summed E-state index contributed by atoms with van der Waals surface area (Å²) in [6.45, 7) is 7.29. The second-order valence-electron chi connectivity index (χ2n) is 4.50. The molecule has 2 rings (SSSR count). The lowest BCUT2D eigenvalue weighted by Crippen LogP contribution is -2.23. The summed E-state index contributed by atoms with van der Waals surface area (Å²) < 4.78 is 8.00. The van der Waals surface area contributed by atoms with E-state index in [0.29, 0.717) is 12.1 Å². The number of aromatic nitrogens is 1. The number of ether oxygens (including phenoxy) is 1. The van der Waals surface area contributed by atoms with E-state index in [1.54, 1.807) is 0 Å². The molecule has 1 saturated heterocycles. The molecule has 2 atom stereocenters. The zero-order chi connectivity index (χ0) is 11.4. The second-order valence-corrected chi connectivity index (χ2v) is 4.50. The van der Waals surface area contributed by atoms with Crippen LogP contribution >= 0.6 is 0 Å². The summed E-state index contributed by atoms with van der Waals surface area (Å²) >= 11 is 0. The molecule has 1 N–H and O–H groups in total. The molecule has 0 amide bonds. The topological polar surface area (TPSA) is 26.2 Å². The maximum atomic E-state index is 5.68. The Morgan fingerprint density at radius 3 is 3.19 bits per heavy atom. The normalized spacial score (nSPS) is 22.5. The van der Waals surface area contributed by atoms with E-state index in [1.807, 2.05) is 0 Å². The van der Waals surface area contributed by atoms with E-state index in [2.05, 4.69) is 42.1 Å². The van der Waals surface area contributed by atoms with Crippen LogP contribution in [-0.2, 0) is 11.3 Å². The molecule has 0 aliphatic carbocycles. The molecule has 1 aromatic rings. The van der Waals surface area contributed by atoms with Crippen LogP contribution in [0.4, 0.5) is 0 Å². The molecule has 16 heavy (non-hydrogen) atoms. The Bertz CT molecular complexity index is 315. The zero-order valence-corrected chi connectivity index (χ0v) is 10.3. The Balaban J connectivity index is 2.00. The molecule has 1 aromatic heterocycles. The Morgan fingerprint density at radius 2 is 2.50 bits per heavy atom. The van der Waals surface area contributed by atoms with Gasteiger partial charge in [0, 0.05) is 31.1 Å². The van der Waals surface area contributed by atoms with Gasteiger partial charge in [-0.25, -0.2) is 0 Å². The third kappa shape index (κ3) is 2.66. The Hall–Kier alpha value is -0.800. The van der Waals surface area contributed by atoms with Gasteiger partial charge >= 0.3 is 0 Å². The summed E-state index contributed by atoms with van der Waals surface area (Å²) in [4.78, 5) is 0. The number of nitrogens with zero attached hydrogens (tertiary/aromatic N) is 1. The molecule has 0 saturated carbocycles. The minimum atomic E-state index is 0.417. The van der Waals surface area contributed by atoms with E-state index in [0.717, 1.165) is 19.7 Å². The van der Waals surface area contributed by atoms with Crippen molar-refractivity contribution in [2.45, 2.75) is 45.4 Å². The number of rotatable bonds is 5. The lowest BCUT2D eigenvalue weighted by Gasteiger charge is -2.18. The van der Waals surface area contributed by atoms with Gasteiger partial charge in [-0.05, 0) is 38.4 Å². The summed E-state index contributed by atoms with van der Waals surface area (Å²) in [5.74, 6) is 0. The molecule has 3 nitrogen and oxygen atoms in total. The Labute approximate surface area is 97.8 Å². The van der Waals surface area contributed by atoms with Gasteiger partial charge in [-0.1, -0.05) is 6.92 Å². The molecule has 0 bridgehead atoms. The maximum absolute atomic E-state index is 5.68. The molecule has 1 fully saturated rings. The summed E-state index contributed by atoms with van der Waals surface area (Å²) in [5.41, 5.74) is 1.36. The smallest absolute Gasteiger partial charge is 0.0754 e. The van der Waals surface area contributed by atoms with Gasteiger partial charge in [-0.15, -0.1) is 0 Å². The molecule has 0 spiro atoms. The van der Waals surface area contributed by atoms with Crippen molar-refractivity contribution in [1.82, 2.24) is 9.88 Å². The zero-order valence-electron chi connectivity index (χ0n) is 10.3. The van der Waals surface area contributed by atoms with E-state index in [9.17, 15) is 0 Å². The second kappa shape index (κ2) is 5.51. The van der Waals surface area contributed by atoms with Crippen molar-refractivity contribution < 1.29 is 4.74 Å². The third-order valence-electron chi connectivity index (χ3n) is 3.24. The van der Waals surface area contributed by atoms with Crippen molar-refractivity contribution in [3.63, 3.8) is 0 Å². The van der Waals surface area contributed by atoms with Gasteiger partial charge in [0.1, 0.15) is 0 Å². The largest absolute Gasteiger partial charge is 0.376 e. The fraction of sp³-hybridized carbons (Fsp3) is 0.692. The van der Waals surface area contributed by atoms with Gasteiger partial charge in [-0.2, -0.15) is 0 Å². The highest BCUT2D eigenvalue weighted by atomic mass is 16.5. The molecular formula is C13H22N2O. The van der Waals surface area contributed by atoms with Crippen molar-refractivity contribution in [3.05, 3.63) is 24.0 Å². The molecule has 0 aromatic carbocycles. The van der Waals surface area contributed by atoms with Crippen LogP contribution in [0.1, 0.15) is 38.4 Å². The van der Waals surface area contributed by atoms with Gasteiger partial charge in [0.2, 0.25) is 0 Å². The first-order valence-corrected chi connectivity index (χ1v) is 6.31. The molecule has 0 radical (unpaired) electrons. The van der Waals surface area contributed by atoms with Crippen LogP contribution in [-0.4, -0.2) is 23.8 Å². The molecule has 2 unspecified atom stereocenters. The molecule has 2 heterocycles. The lowest BCUT2D eigenvalue weighted by molar-refractivity contribution is 0.0961. The lowest BCUT2D eigenvalue weighted by atomic mass is 10.2. The fourth-order valence-corrected chi connectivity index (χ4v) is 2.41. The number of hydrogen-bond donors (Lipinski definition) is 1. The van der Waals surface area contributed by atoms with Crippen LogP contribution in [0.2, 0.25) is 0 Å². The van der Waals surface area contributed by atoms with Gasteiger partial charge in [0.15, 0.2) is 0 Å². The van der Waals surface area contributed by atoms with Crippen LogP contribution in [0.5, 0.6) is 0 Å². The van der Waals surface area contributed by atoms with Crippen molar-refractivity contribution in [2.24, 2.45) is 0 Å². The van der Waals surface area contributed by atoms with Gasteiger partial charge in [0.05, 0.1) is 6.10 Å². The fourth-order valence-electron chi connectivity index (χ4n) is 2.41. The predicted octanol–water partition coefficient (Wildman–Crippen LogP) is 2.34. The Kier molecular flexibility index (Phi) is 4.02. The van der Waals surface area contributed by atoms with E-state index in [-0.39, 0.29) is 0 Å². The molecular weight excluding hydrogens is 200 g/mol. The van der Waals surface area contributed by atoms with Gasteiger partial charge < -0.3 is 14.6 Å². The first-order chi connectivity index (χ1) is 7.81. The van der Waals surface area contributed by atoms with E-state index in [4.69, 9.17) is 4.74 Å². The van der Waals surface area contributed by atoms with Crippen LogP contribution in [0, 0.1) is 0 Å². The monoisotopic (exact) mass is 222 g/mol. The summed E-state index contributed by atoms with van der Waals surface area (Å²) in [5, 5.41) is 3.45. The highest BCUT2D eigenvalue weighted by Gasteiger charge is 2.18. The van der Waals surface area contributed by atoms with Gasteiger partial charge in [0.25, 0.3) is 0 Å². The SMILES string of the molecule is CCNC(C)c1cccn1CC1CCCO1. The number of hydrogen-bond acceptors (Lipinski definition) is 2. The van der Waals surface area contributed by atoms with Crippen LogP contribution < -0.4 is 5.32 Å². The van der Waals surface area contributed by atoms with Crippen LogP contribution in [0.3, 0.4) is 0 Å². The van der Waals surface area contributed by atoms with Gasteiger partial charge in [-0.3, -0.25) is 0 Å². The van der Waals surface area contributed by atoms with E-state index < -0.39 is 0 Å². The van der Waals surface area contributed by atoms with E-state index >= 15 is 0 Å². The first-order valence-electron chi connectivity index (χ1n) is 6.31. The third-order valence-corrected chi connectivity index (χ3v) is 3.24. The molecule has 1 aliphatic rings.